The topological polar surface area (TPSA) is 12.0 Å². The molecule has 1 aliphatic rings. The summed E-state index contributed by atoms with van der Waals surface area (Å²) in [5.41, 5.74) is 2.28. The van der Waals surface area contributed by atoms with Crippen LogP contribution >= 0.6 is 0 Å². The van der Waals surface area contributed by atoms with E-state index in [4.69, 9.17) is 0 Å². The molecule has 0 bridgehead atoms. The fourth-order valence-electron chi connectivity index (χ4n) is 3.70. The van der Waals surface area contributed by atoms with E-state index in [1.165, 1.54) is 37.7 Å². The average molecular weight is 287 g/mol. The second-order valence-electron chi connectivity index (χ2n) is 8.85. The van der Waals surface area contributed by atoms with Crippen molar-refractivity contribution in [2.45, 2.75) is 78.8 Å². The van der Waals surface area contributed by atoms with E-state index in [2.05, 4.69) is 70.3 Å². The van der Waals surface area contributed by atoms with Gasteiger partial charge in [-0.15, -0.1) is 0 Å². The Morgan fingerprint density at radius 2 is 1.86 bits per heavy atom. The molecule has 1 aromatic rings. The van der Waals surface area contributed by atoms with Gasteiger partial charge in [-0.3, -0.25) is 0 Å². The smallest absolute Gasteiger partial charge is 0.0327 e. The van der Waals surface area contributed by atoms with E-state index in [0.29, 0.717) is 22.9 Å². The van der Waals surface area contributed by atoms with Gasteiger partial charge in [-0.05, 0) is 42.1 Å². The van der Waals surface area contributed by atoms with Crippen LogP contribution < -0.4 is 5.32 Å². The van der Waals surface area contributed by atoms with Crippen LogP contribution in [0.25, 0.3) is 0 Å². The largest absolute Gasteiger partial charge is 0.307 e. The van der Waals surface area contributed by atoms with Gasteiger partial charge >= 0.3 is 0 Å². The van der Waals surface area contributed by atoms with E-state index in [0.717, 1.165) is 0 Å². The van der Waals surface area contributed by atoms with Gasteiger partial charge in [-0.1, -0.05) is 71.4 Å². The first kappa shape index (κ1) is 16.5. The number of hydrogen-bond acceptors (Lipinski definition) is 1. The fourth-order valence-corrected chi connectivity index (χ4v) is 3.70. The molecule has 21 heavy (non-hydrogen) atoms. The number of hydrogen-bond donors (Lipinski definition) is 1. The highest BCUT2D eigenvalue weighted by molar-refractivity contribution is 5.19. The molecule has 0 aliphatic heterocycles. The van der Waals surface area contributed by atoms with Crippen molar-refractivity contribution < 1.29 is 0 Å². The number of nitrogens with one attached hydrogen (secondary N) is 1. The molecule has 1 aliphatic carbocycles. The lowest BCUT2D eigenvalue weighted by Crippen LogP contribution is -2.40. The van der Waals surface area contributed by atoms with E-state index in [1.54, 1.807) is 0 Å². The summed E-state index contributed by atoms with van der Waals surface area (Å²) in [7, 11) is 0. The maximum Gasteiger partial charge on any atom is 0.0327 e. The van der Waals surface area contributed by atoms with Crippen molar-refractivity contribution in [1.29, 1.82) is 0 Å². The highest BCUT2D eigenvalue weighted by Gasteiger charge is 2.30. The minimum Gasteiger partial charge on any atom is -0.307 e. The van der Waals surface area contributed by atoms with Crippen LogP contribution in [0.15, 0.2) is 30.3 Å². The van der Waals surface area contributed by atoms with Gasteiger partial charge in [0.15, 0.2) is 0 Å². The summed E-state index contributed by atoms with van der Waals surface area (Å²) in [5.74, 6) is 0. The van der Waals surface area contributed by atoms with Gasteiger partial charge in [0.25, 0.3) is 0 Å². The Morgan fingerprint density at radius 3 is 2.43 bits per heavy atom. The first-order valence-electron chi connectivity index (χ1n) is 8.56. The Morgan fingerprint density at radius 1 is 1.19 bits per heavy atom. The van der Waals surface area contributed by atoms with Crippen LogP contribution in [0.2, 0.25) is 0 Å². The van der Waals surface area contributed by atoms with Crippen LogP contribution in [0.4, 0.5) is 0 Å². The zero-order valence-corrected chi connectivity index (χ0v) is 14.6. The zero-order chi connectivity index (χ0) is 15.5. The summed E-state index contributed by atoms with van der Waals surface area (Å²) in [6.07, 6.45) is 6.56. The summed E-state index contributed by atoms with van der Waals surface area (Å²) >= 11 is 0. The van der Waals surface area contributed by atoms with Gasteiger partial charge in [0.05, 0.1) is 0 Å². The molecule has 1 nitrogen and oxygen atoms in total. The zero-order valence-electron chi connectivity index (χ0n) is 14.6. The lowest BCUT2D eigenvalue weighted by atomic mass is 9.74. The molecule has 2 atom stereocenters. The predicted octanol–water partition coefficient (Wildman–Crippen LogP) is 5.72. The number of rotatable bonds is 4. The Hall–Kier alpha value is -0.820. The second-order valence-corrected chi connectivity index (χ2v) is 8.85. The van der Waals surface area contributed by atoms with Crippen molar-refractivity contribution >= 4 is 0 Å². The van der Waals surface area contributed by atoms with Crippen molar-refractivity contribution in [3.05, 3.63) is 35.9 Å². The van der Waals surface area contributed by atoms with Crippen LogP contribution in [0.3, 0.4) is 0 Å². The van der Waals surface area contributed by atoms with Crippen LogP contribution in [0, 0.1) is 10.8 Å². The van der Waals surface area contributed by atoms with Gasteiger partial charge in [0.1, 0.15) is 0 Å². The van der Waals surface area contributed by atoms with Crippen LogP contribution in [-0.2, 0) is 0 Å². The van der Waals surface area contributed by atoms with Crippen LogP contribution in [0.5, 0.6) is 0 Å². The summed E-state index contributed by atoms with van der Waals surface area (Å²) in [6, 6.07) is 12.1. The minimum atomic E-state index is 0.345. The summed E-state index contributed by atoms with van der Waals surface area (Å²) in [4.78, 5) is 0. The molecule has 0 spiro atoms. The molecule has 0 heterocycles. The molecule has 1 fully saturated rings. The van der Waals surface area contributed by atoms with E-state index >= 15 is 0 Å². The summed E-state index contributed by atoms with van der Waals surface area (Å²) < 4.78 is 0. The molecule has 0 amide bonds. The Kier molecular flexibility index (Phi) is 5.14. The standard InChI is InChI=1S/C20H33N/c1-19(2,3)15-18(16-10-7-6-8-11-16)21-17-12-9-13-20(4,5)14-17/h6-8,10-11,17-18,21H,9,12-15H2,1-5H3. The van der Waals surface area contributed by atoms with E-state index in [9.17, 15) is 0 Å². The van der Waals surface area contributed by atoms with Crippen LogP contribution in [-0.4, -0.2) is 6.04 Å². The lowest BCUT2D eigenvalue weighted by Gasteiger charge is -2.39. The molecular weight excluding hydrogens is 254 g/mol. The minimum absolute atomic E-state index is 0.345. The molecule has 1 heteroatoms. The highest BCUT2D eigenvalue weighted by Crippen LogP contribution is 2.37. The molecule has 1 N–H and O–H groups in total. The third-order valence-electron chi connectivity index (χ3n) is 4.66. The Balaban J connectivity index is 2.09. The van der Waals surface area contributed by atoms with E-state index in [1.807, 2.05) is 0 Å². The lowest BCUT2D eigenvalue weighted by molar-refractivity contribution is 0.178. The molecule has 1 aromatic carbocycles. The predicted molar refractivity (Wildman–Crippen MR) is 92.4 cm³/mol. The molecule has 118 valence electrons. The van der Waals surface area contributed by atoms with Crippen molar-refractivity contribution in [1.82, 2.24) is 5.32 Å². The third kappa shape index (κ3) is 5.47. The fraction of sp³-hybridized carbons (Fsp3) is 0.700. The maximum absolute atomic E-state index is 3.98. The van der Waals surface area contributed by atoms with Crippen molar-refractivity contribution in [3.8, 4) is 0 Å². The Bertz CT molecular complexity index is 427. The molecule has 1 saturated carbocycles. The van der Waals surface area contributed by atoms with Gasteiger partial charge in [0, 0.05) is 12.1 Å². The molecular formula is C20H33N. The SMILES string of the molecule is CC(C)(C)CC(NC1CCCC(C)(C)C1)c1ccccc1. The van der Waals surface area contributed by atoms with Crippen molar-refractivity contribution in [3.63, 3.8) is 0 Å². The average Bonchev–Trinajstić information content (AvgIpc) is 2.36. The molecule has 0 aromatic heterocycles. The van der Waals surface area contributed by atoms with E-state index < -0.39 is 0 Å². The van der Waals surface area contributed by atoms with Crippen molar-refractivity contribution in [2.24, 2.45) is 10.8 Å². The van der Waals surface area contributed by atoms with Gasteiger partial charge in [-0.25, -0.2) is 0 Å². The first-order valence-corrected chi connectivity index (χ1v) is 8.56. The van der Waals surface area contributed by atoms with Gasteiger partial charge in [0.2, 0.25) is 0 Å². The Labute approximate surface area is 131 Å². The van der Waals surface area contributed by atoms with Crippen molar-refractivity contribution in [2.75, 3.05) is 0 Å². The molecule has 0 radical (unpaired) electrons. The molecule has 2 rings (SSSR count). The monoisotopic (exact) mass is 287 g/mol. The van der Waals surface area contributed by atoms with E-state index in [-0.39, 0.29) is 0 Å². The number of benzene rings is 1. The summed E-state index contributed by atoms with van der Waals surface area (Å²) in [5, 5.41) is 3.98. The third-order valence-corrected chi connectivity index (χ3v) is 4.66. The van der Waals surface area contributed by atoms with Crippen LogP contribution in [0.1, 0.15) is 78.3 Å². The quantitative estimate of drug-likeness (QED) is 0.746. The summed E-state index contributed by atoms with van der Waals surface area (Å²) in [6.45, 7) is 11.9. The normalized spacial score (nSPS) is 23.8. The van der Waals surface area contributed by atoms with Gasteiger partial charge in [-0.2, -0.15) is 0 Å². The molecule has 2 unspecified atom stereocenters. The highest BCUT2D eigenvalue weighted by atomic mass is 15.0. The first-order chi connectivity index (χ1) is 9.75. The second kappa shape index (κ2) is 6.52. The van der Waals surface area contributed by atoms with Gasteiger partial charge < -0.3 is 5.32 Å². The molecule has 0 saturated heterocycles. The maximum atomic E-state index is 3.98.